The predicted molar refractivity (Wildman–Crippen MR) is 107 cm³/mol. The molecule has 1 unspecified atom stereocenters. The molecule has 0 saturated heterocycles. The van der Waals surface area contributed by atoms with Crippen LogP contribution in [0.15, 0.2) is 46.3 Å². The molecule has 0 saturated carbocycles. The van der Waals surface area contributed by atoms with E-state index in [1.807, 2.05) is 12.1 Å². The van der Waals surface area contributed by atoms with Gasteiger partial charge in [-0.05, 0) is 41.4 Å². The molecule has 0 aliphatic carbocycles. The third-order valence-electron chi connectivity index (χ3n) is 3.31. The van der Waals surface area contributed by atoms with Crippen LogP contribution < -0.4 is 10.6 Å². The molecule has 2 aromatic heterocycles. The van der Waals surface area contributed by atoms with Gasteiger partial charge >= 0.3 is 0 Å². The van der Waals surface area contributed by atoms with Crippen molar-refractivity contribution in [2.24, 2.45) is 4.99 Å². The molecule has 1 atom stereocenters. The minimum absolute atomic E-state index is 0. The van der Waals surface area contributed by atoms with Gasteiger partial charge in [0.15, 0.2) is 5.96 Å². The zero-order chi connectivity index (χ0) is 14.9. The third kappa shape index (κ3) is 6.39. The Morgan fingerprint density at radius 1 is 1.32 bits per heavy atom. The highest BCUT2D eigenvalue weighted by atomic mass is 127. The number of nitrogens with one attached hydrogen (secondary N) is 2. The average molecular weight is 432 g/mol. The molecular weight excluding hydrogens is 407 g/mol. The lowest BCUT2D eigenvalue weighted by Gasteiger charge is -2.13. The highest BCUT2D eigenvalue weighted by molar-refractivity contribution is 14.0. The van der Waals surface area contributed by atoms with Crippen molar-refractivity contribution in [1.29, 1.82) is 0 Å². The van der Waals surface area contributed by atoms with Gasteiger partial charge in [0.05, 0.1) is 0 Å². The van der Waals surface area contributed by atoms with Crippen molar-refractivity contribution in [2.75, 3.05) is 19.6 Å². The average Bonchev–Trinajstić information content (AvgIpc) is 3.17. The fourth-order valence-electron chi connectivity index (χ4n) is 2.05. The molecule has 2 heterocycles. The smallest absolute Gasteiger partial charge is 0.191 e. The number of halogens is 1. The Kier molecular flexibility index (Phi) is 9.22. The molecule has 0 aliphatic heterocycles. The maximum Gasteiger partial charge on any atom is 0.191 e. The van der Waals surface area contributed by atoms with Crippen LogP contribution in [0, 0.1) is 0 Å². The molecule has 0 fully saturated rings. The SMILES string of the molecule is CCNC(=NCC(C)c1ccsc1)NCCn1cccc1.I. The second-order valence-corrected chi connectivity index (χ2v) is 5.81. The van der Waals surface area contributed by atoms with Gasteiger partial charge in [0.25, 0.3) is 0 Å². The summed E-state index contributed by atoms with van der Waals surface area (Å²) >= 11 is 1.74. The van der Waals surface area contributed by atoms with Crippen LogP contribution in [0.3, 0.4) is 0 Å². The van der Waals surface area contributed by atoms with Gasteiger partial charge in [-0.2, -0.15) is 11.3 Å². The van der Waals surface area contributed by atoms with Gasteiger partial charge in [0.1, 0.15) is 0 Å². The highest BCUT2D eigenvalue weighted by Gasteiger charge is 2.05. The second kappa shape index (κ2) is 10.7. The zero-order valence-electron chi connectivity index (χ0n) is 13.2. The molecule has 2 rings (SSSR count). The second-order valence-electron chi connectivity index (χ2n) is 5.03. The molecule has 0 radical (unpaired) electrons. The summed E-state index contributed by atoms with van der Waals surface area (Å²) in [5, 5.41) is 11.0. The maximum absolute atomic E-state index is 4.68. The first kappa shape index (κ1) is 19.0. The normalized spacial score (nSPS) is 12.5. The quantitative estimate of drug-likeness (QED) is 0.400. The van der Waals surface area contributed by atoms with E-state index in [9.17, 15) is 0 Å². The number of aliphatic imine (C=N–C) groups is 1. The van der Waals surface area contributed by atoms with E-state index in [4.69, 9.17) is 0 Å². The maximum atomic E-state index is 4.68. The minimum Gasteiger partial charge on any atom is -0.357 e. The van der Waals surface area contributed by atoms with Crippen molar-refractivity contribution >= 4 is 41.3 Å². The van der Waals surface area contributed by atoms with Crippen LogP contribution in [0.4, 0.5) is 0 Å². The fraction of sp³-hybridized carbons (Fsp3) is 0.438. The molecule has 2 aromatic rings. The van der Waals surface area contributed by atoms with Crippen LogP contribution in [0.2, 0.25) is 0 Å². The molecule has 0 spiro atoms. The van der Waals surface area contributed by atoms with Crippen LogP contribution in [0.5, 0.6) is 0 Å². The van der Waals surface area contributed by atoms with Gasteiger partial charge < -0.3 is 15.2 Å². The topological polar surface area (TPSA) is 41.4 Å². The summed E-state index contributed by atoms with van der Waals surface area (Å²) in [5.74, 6) is 1.35. The van der Waals surface area contributed by atoms with Crippen molar-refractivity contribution in [3.05, 3.63) is 46.9 Å². The van der Waals surface area contributed by atoms with E-state index < -0.39 is 0 Å². The van der Waals surface area contributed by atoms with Crippen molar-refractivity contribution in [1.82, 2.24) is 15.2 Å². The molecular formula is C16H25IN4S. The van der Waals surface area contributed by atoms with Crippen LogP contribution in [0.1, 0.15) is 25.3 Å². The van der Waals surface area contributed by atoms with Gasteiger partial charge in [0, 0.05) is 44.5 Å². The Morgan fingerprint density at radius 3 is 2.73 bits per heavy atom. The molecule has 6 heteroatoms. The number of thiophene rings is 1. The summed E-state index contributed by atoms with van der Waals surface area (Å²) in [4.78, 5) is 4.68. The van der Waals surface area contributed by atoms with Gasteiger partial charge in [-0.15, -0.1) is 24.0 Å². The number of hydrogen-bond donors (Lipinski definition) is 2. The van der Waals surface area contributed by atoms with Crippen LogP contribution >= 0.6 is 35.3 Å². The minimum atomic E-state index is 0. The largest absolute Gasteiger partial charge is 0.357 e. The van der Waals surface area contributed by atoms with E-state index >= 15 is 0 Å². The van der Waals surface area contributed by atoms with E-state index in [-0.39, 0.29) is 24.0 Å². The van der Waals surface area contributed by atoms with E-state index in [0.29, 0.717) is 5.92 Å². The summed E-state index contributed by atoms with van der Waals surface area (Å²) in [6.45, 7) is 7.79. The third-order valence-corrected chi connectivity index (χ3v) is 4.01. The Bertz CT molecular complexity index is 522. The Balaban J connectivity index is 0.00000242. The zero-order valence-corrected chi connectivity index (χ0v) is 16.3. The molecule has 0 bridgehead atoms. The summed E-state index contributed by atoms with van der Waals surface area (Å²) in [7, 11) is 0. The first-order valence-electron chi connectivity index (χ1n) is 7.44. The van der Waals surface area contributed by atoms with Crippen molar-refractivity contribution in [2.45, 2.75) is 26.3 Å². The lowest BCUT2D eigenvalue weighted by Crippen LogP contribution is -2.39. The van der Waals surface area contributed by atoms with Crippen molar-refractivity contribution in [3.63, 3.8) is 0 Å². The monoisotopic (exact) mass is 432 g/mol. The number of guanidine groups is 1. The number of aromatic nitrogens is 1. The number of nitrogens with zero attached hydrogens (tertiary/aromatic N) is 2. The van der Waals surface area contributed by atoms with Crippen LogP contribution in [-0.2, 0) is 6.54 Å². The lowest BCUT2D eigenvalue weighted by molar-refractivity contribution is 0.662. The summed E-state index contributed by atoms with van der Waals surface area (Å²) in [6.07, 6.45) is 4.15. The first-order valence-corrected chi connectivity index (χ1v) is 8.39. The summed E-state index contributed by atoms with van der Waals surface area (Å²) < 4.78 is 2.16. The highest BCUT2D eigenvalue weighted by Crippen LogP contribution is 2.18. The van der Waals surface area contributed by atoms with E-state index in [1.165, 1.54) is 5.56 Å². The Labute approximate surface area is 154 Å². The molecule has 2 N–H and O–H groups in total. The Hall–Kier alpha value is -1.02. The van der Waals surface area contributed by atoms with Crippen LogP contribution in [-0.4, -0.2) is 30.2 Å². The molecule has 4 nitrogen and oxygen atoms in total. The van der Waals surface area contributed by atoms with E-state index in [2.05, 4.69) is 63.3 Å². The van der Waals surface area contributed by atoms with E-state index in [0.717, 1.165) is 32.1 Å². The molecule has 122 valence electrons. The number of rotatable bonds is 7. The number of hydrogen-bond acceptors (Lipinski definition) is 2. The van der Waals surface area contributed by atoms with Crippen molar-refractivity contribution in [3.8, 4) is 0 Å². The van der Waals surface area contributed by atoms with E-state index in [1.54, 1.807) is 11.3 Å². The molecule has 22 heavy (non-hydrogen) atoms. The Morgan fingerprint density at radius 2 is 2.09 bits per heavy atom. The predicted octanol–water partition coefficient (Wildman–Crippen LogP) is 3.53. The van der Waals surface area contributed by atoms with Crippen molar-refractivity contribution < 1.29 is 0 Å². The summed E-state index contributed by atoms with van der Waals surface area (Å²) in [6, 6.07) is 6.26. The van der Waals surface area contributed by atoms with Gasteiger partial charge in [-0.1, -0.05) is 6.92 Å². The van der Waals surface area contributed by atoms with Crippen LogP contribution in [0.25, 0.3) is 0 Å². The standard InChI is InChI=1S/C16H24N4S.HI/c1-3-17-16(18-7-10-20-8-4-5-9-20)19-12-14(2)15-6-11-21-13-15;/h4-6,8-9,11,13-14H,3,7,10,12H2,1-2H3,(H2,17,18,19);1H. The first-order chi connectivity index (χ1) is 10.3. The van der Waals surface area contributed by atoms with Gasteiger partial charge in [-0.25, -0.2) is 0 Å². The van der Waals surface area contributed by atoms with Gasteiger partial charge in [-0.3, -0.25) is 4.99 Å². The van der Waals surface area contributed by atoms with Gasteiger partial charge in [0.2, 0.25) is 0 Å². The fourth-order valence-corrected chi connectivity index (χ4v) is 2.84. The lowest BCUT2D eigenvalue weighted by atomic mass is 10.1. The molecule has 0 amide bonds. The molecule has 0 aromatic carbocycles. The molecule has 0 aliphatic rings. The summed E-state index contributed by atoms with van der Waals surface area (Å²) in [5.41, 5.74) is 1.37.